The fourth-order valence-electron chi connectivity index (χ4n) is 5.47. The maximum atomic E-state index is 13.6. The first kappa shape index (κ1) is 25.7. The number of carbonyl (C=O) groups is 3. The van der Waals surface area contributed by atoms with Crippen LogP contribution in [0.15, 0.2) is 36.4 Å². The Morgan fingerprint density at radius 1 is 1.09 bits per heavy atom. The fourth-order valence-corrected chi connectivity index (χ4v) is 5.47. The molecule has 8 nitrogen and oxygen atoms in total. The zero-order valence-corrected chi connectivity index (χ0v) is 20.8. The van der Waals surface area contributed by atoms with Crippen molar-refractivity contribution in [3.63, 3.8) is 0 Å². The molecule has 1 aliphatic heterocycles. The fraction of sp³-hybridized carbons (Fsp3) is 0.577. The Labute approximate surface area is 202 Å². The number of hydrogen-bond donors (Lipinski definition) is 3. The van der Waals surface area contributed by atoms with E-state index < -0.39 is 29.8 Å². The molecule has 1 aromatic rings. The van der Waals surface area contributed by atoms with Gasteiger partial charge in [-0.3, -0.25) is 14.4 Å². The molecule has 186 valence electrons. The summed E-state index contributed by atoms with van der Waals surface area (Å²) in [7, 11) is 1.56. The molecule has 1 fully saturated rings. The molecule has 8 heteroatoms. The number of nitrogens with zero attached hydrogens (tertiary/aromatic N) is 2. The first-order valence-electron chi connectivity index (χ1n) is 12.3. The van der Waals surface area contributed by atoms with Gasteiger partial charge in [-0.1, -0.05) is 26.0 Å². The number of aliphatic hydroxyl groups excluding tert-OH is 1. The number of amides is 3. The van der Waals surface area contributed by atoms with Crippen LogP contribution >= 0.6 is 0 Å². The number of allylic oxidation sites excluding steroid dienone is 1. The molecule has 1 heterocycles. The molecule has 1 aliphatic carbocycles. The van der Waals surface area contributed by atoms with E-state index in [9.17, 15) is 19.5 Å². The minimum atomic E-state index is -0.798. The molecule has 0 bridgehead atoms. The summed E-state index contributed by atoms with van der Waals surface area (Å²) in [5.74, 6) is -2.52. The molecule has 3 rings (SSSR count). The van der Waals surface area contributed by atoms with Gasteiger partial charge >= 0.3 is 0 Å². The van der Waals surface area contributed by atoms with E-state index in [4.69, 9.17) is 0 Å². The molecule has 0 unspecified atom stereocenters. The molecule has 0 aromatic heterocycles. The van der Waals surface area contributed by atoms with Crippen LogP contribution in [0.2, 0.25) is 0 Å². The summed E-state index contributed by atoms with van der Waals surface area (Å²) in [5, 5.41) is 15.7. The van der Waals surface area contributed by atoms with Crippen LogP contribution in [0.1, 0.15) is 34.1 Å². The van der Waals surface area contributed by atoms with Gasteiger partial charge in [0.1, 0.15) is 6.04 Å². The molecule has 1 saturated heterocycles. The highest BCUT2D eigenvalue weighted by Crippen LogP contribution is 2.45. The summed E-state index contributed by atoms with van der Waals surface area (Å²) in [6.07, 6.45) is 4.34. The maximum absolute atomic E-state index is 13.6. The van der Waals surface area contributed by atoms with Crippen LogP contribution in [0.25, 0.3) is 0 Å². The number of fused-ring (bicyclic) bond motifs is 1. The van der Waals surface area contributed by atoms with Gasteiger partial charge in [0.05, 0.1) is 24.5 Å². The standard InChI is InChI=1S/C26H38N4O4/c1-6-18(15-31)30-23(20-14-9-16(4)21(24(32)27-5)22(20)26(30)34)25(33)28-17-10-12-19(13-11-17)29(7-2)8-3/h9-14,16,18,20-23,31H,6-8,15H2,1-5H3,(H,27,32)(H,28,33)/t16-,18+,20+,21-,22+,23+/m1/s1. The SMILES string of the molecule is CC[C@@H](CO)N1C(=O)[C@H]2[C@H](C=C[C@@H](C)[C@H]2C(=O)NC)[C@H]1C(=O)Nc1ccc(N(CC)CC)cc1. The zero-order valence-electron chi connectivity index (χ0n) is 20.8. The highest BCUT2D eigenvalue weighted by atomic mass is 16.3. The second-order valence-corrected chi connectivity index (χ2v) is 9.13. The summed E-state index contributed by atoms with van der Waals surface area (Å²) in [6, 6.07) is 6.37. The average molecular weight is 471 g/mol. The van der Waals surface area contributed by atoms with Crippen LogP contribution in [-0.4, -0.2) is 66.6 Å². The van der Waals surface area contributed by atoms with Crippen LogP contribution in [0.5, 0.6) is 0 Å². The summed E-state index contributed by atoms with van der Waals surface area (Å²) >= 11 is 0. The largest absolute Gasteiger partial charge is 0.394 e. The number of aliphatic hydroxyl groups is 1. The van der Waals surface area contributed by atoms with Gasteiger partial charge < -0.3 is 25.5 Å². The number of likely N-dealkylation sites (tertiary alicyclic amines) is 1. The molecular formula is C26H38N4O4. The molecule has 3 N–H and O–H groups in total. The van der Waals surface area contributed by atoms with Crippen LogP contribution in [0, 0.1) is 23.7 Å². The second-order valence-electron chi connectivity index (χ2n) is 9.13. The van der Waals surface area contributed by atoms with E-state index in [1.54, 1.807) is 7.05 Å². The van der Waals surface area contributed by atoms with Gasteiger partial charge in [0, 0.05) is 37.4 Å². The van der Waals surface area contributed by atoms with Crippen molar-refractivity contribution in [1.82, 2.24) is 10.2 Å². The summed E-state index contributed by atoms with van der Waals surface area (Å²) in [4.78, 5) is 43.7. The highest BCUT2D eigenvalue weighted by molar-refractivity contribution is 6.02. The molecule has 0 saturated carbocycles. The van der Waals surface area contributed by atoms with E-state index in [0.29, 0.717) is 12.1 Å². The van der Waals surface area contributed by atoms with E-state index in [1.165, 1.54) is 4.90 Å². The molecule has 6 atom stereocenters. The van der Waals surface area contributed by atoms with Crippen molar-refractivity contribution in [3.05, 3.63) is 36.4 Å². The lowest BCUT2D eigenvalue weighted by molar-refractivity contribution is -0.142. The lowest BCUT2D eigenvalue weighted by Gasteiger charge is -2.33. The number of benzene rings is 1. The maximum Gasteiger partial charge on any atom is 0.247 e. The average Bonchev–Trinajstić information content (AvgIpc) is 3.13. The van der Waals surface area contributed by atoms with Gasteiger partial charge in [0.25, 0.3) is 0 Å². The number of rotatable bonds is 9. The van der Waals surface area contributed by atoms with E-state index in [2.05, 4.69) is 29.4 Å². The van der Waals surface area contributed by atoms with Crippen molar-refractivity contribution in [2.75, 3.05) is 37.0 Å². The van der Waals surface area contributed by atoms with Crippen LogP contribution in [-0.2, 0) is 14.4 Å². The molecule has 0 spiro atoms. The number of hydrogen-bond acceptors (Lipinski definition) is 5. The van der Waals surface area contributed by atoms with Crippen molar-refractivity contribution < 1.29 is 19.5 Å². The predicted molar refractivity (Wildman–Crippen MR) is 133 cm³/mol. The minimum Gasteiger partial charge on any atom is -0.394 e. The lowest BCUT2D eigenvalue weighted by Crippen LogP contribution is -2.50. The predicted octanol–water partition coefficient (Wildman–Crippen LogP) is 2.25. The molecule has 34 heavy (non-hydrogen) atoms. The van der Waals surface area contributed by atoms with E-state index >= 15 is 0 Å². The number of nitrogens with one attached hydrogen (secondary N) is 2. The third-order valence-electron chi connectivity index (χ3n) is 7.37. The van der Waals surface area contributed by atoms with E-state index in [0.717, 1.165) is 18.8 Å². The van der Waals surface area contributed by atoms with Gasteiger partial charge in [0.2, 0.25) is 17.7 Å². The highest BCUT2D eigenvalue weighted by Gasteiger charge is 2.57. The summed E-state index contributed by atoms with van der Waals surface area (Å²) < 4.78 is 0. The summed E-state index contributed by atoms with van der Waals surface area (Å²) in [6.45, 7) is 9.52. The second kappa shape index (κ2) is 11.0. The third kappa shape index (κ3) is 4.69. The van der Waals surface area contributed by atoms with Crippen LogP contribution < -0.4 is 15.5 Å². The minimum absolute atomic E-state index is 0.129. The quantitative estimate of drug-likeness (QED) is 0.481. The van der Waals surface area contributed by atoms with Gasteiger partial charge in [0.15, 0.2) is 0 Å². The number of anilines is 2. The van der Waals surface area contributed by atoms with Gasteiger partial charge in [-0.2, -0.15) is 0 Å². The van der Waals surface area contributed by atoms with Crippen LogP contribution in [0.3, 0.4) is 0 Å². The lowest BCUT2D eigenvalue weighted by atomic mass is 9.70. The van der Waals surface area contributed by atoms with Crippen molar-refractivity contribution in [2.45, 2.75) is 46.2 Å². The van der Waals surface area contributed by atoms with Crippen molar-refractivity contribution >= 4 is 29.1 Å². The Bertz CT molecular complexity index is 908. The molecule has 2 aliphatic rings. The Kier molecular flexibility index (Phi) is 8.36. The van der Waals surface area contributed by atoms with E-state index in [-0.39, 0.29) is 30.2 Å². The molecule has 0 radical (unpaired) electrons. The van der Waals surface area contributed by atoms with Gasteiger partial charge in [-0.05, 0) is 50.5 Å². The molecular weight excluding hydrogens is 432 g/mol. The first-order valence-corrected chi connectivity index (χ1v) is 12.3. The normalized spacial score (nSPS) is 26.7. The third-order valence-corrected chi connectivity index (χ3v) is 7.37. The van der Waals surface area contributed by atoms with E-state index in [1.807, 2.05) is 50.3 Å². The Hall–Kier alpha value is -2.87. The van der Waals surface area contributed by atoms with Gasteiger partial charge in [-0.25, -0.2) is 0 Å². The Morgan fingerprint density at radius 2 is 1.74 bits per heavy atom. The smallest absolute Gasteiger partial charge is 0.247 e. The van der Waals surface area contributed by atoms with Crippen molar-refractivity contribution in [2.24, 2.45) is 23.7 Å². The van der Waals surface area contributed by atoms with Crippen molar-refractivity contribution in [1.29, 1.82) is 0 Å². The zero-order chi connectivity index (χ0) is 25.0. The topological polar surface area (TPSA) is 102 Å². The molecule has 3 amide bonds. The monoisotopic (exact) mass is 470 g/mol. The van der Waals surface area contributed by atoms with Gasteiger partial charge in [-0.15, -0.1) is 0 Å². The van der Waals surface area contributed by atoms with Crippen LogP contribution in [0.4, 0.5) is 11.4 Å². The Morgan fingerprint density at radius 3 is 2.26 bits per heavy atom. The summed E-state index contributed by atoms with van der Waals surface area (Å²) in [5.41, 5.74) is 1.72. The van der Waals surface area contributed by atoms with Crippen molar-refractivity contribution in [3.8, 4) is 0 Å². The Balaban J connectivity index is 1.93. The molecule has 1 aromatic carbocycles. The first-order chi connectivity index (χ1) is 16.3. The number of carbonyl (C=O) groups excluding carboxylic acids is 3.